The van der Waals surface area contributed by atoms with Crippen molar-refractivity contribution in [2.75, 3.05) is 0 Å². The van der Waals surface area contributed by atoms with Crippen LogP contribution in [0.2, 0.25) is 0 Å². The van der Waals surface area contributed by atoms with Gasteiger partial charge in [0.15, 0.2) is 0 Å². The van der Waals surface area contributed by atoms with Crippen LogP contribution in [0.25, 0.3) is 0 Å². The van der Waals surface area contributed by atoms with Crippen LogP contribution in [0.3, 0.4) is 0 Å². The van der Waals surface area contributed by atoms with Crippen molar-refractivity contribution in [2.24, 2.45) is 9.98 Å². The summed E-state index contributed by atoms with van der Waals surface area (Å²) in [6.45, 7) is 8.49. The average Bonchev–Trinajstić information content (AvgIpc) is 3.26. The summed E-state index contributed by atoms with van der Waals surface area (Å²) in [7, 11) is 0. The molecule has 2 N–H and O–H groups in total. The average molecular weight is 449 g/mol. The molecule has 2 unspecified atom stereocenters. The summed E-state index contributed by atoms with van der Waals surface area (Å²) in [5.74, 6) is 0.702. The molecule has 0 saturated heterocycles. The molecule has 0 amide bonds. The van der Waals surface area contributed by atoms with Crippen molar-refractivity contribution in [2.45, 2.75) is 97.6 Å². The van der Waals surface area contributed by atoms with Crippen molar-refractivity contribution >= 4 is 12.4 Å². The number of rotatable bonds is 10. The summed E-state index contributed by atoms with van der Waals surface area (Å²) in [6, 6.07) is 8.57. The third-order valence-electron chi connectivity index (χ3n) is 6.65. The van der Waals surface area contributed by atoms with Crippen molar-refractivity contribution in [1.29, 1.82) is 0 Å². The molecule has 2 aromatic carbocycles. The standard InChI is InChI=1S/C29H40N2O2/c1-5-10-20-14-22(7-3)28(32)24(16-20)18-30-26-12-9-13-27(26)31-19-25-17-21(11-6-2)15-23(8-4)29(25)33/h14-19,26-27,32-33H,5-13H2,1-4H3. The SMILES string of the molecule is CCCc1cc(C=NC2CCCC2N=Cc2cc(CCC)cc(CC)c2O)c(O)c(CC)c1. The van der Waals surface area contributed by atoms with Gasteiger partial charge in [0.05, 0.1) is 12.1 Å². The predicted molar refractivity (Wildman–Crippen MR) is 140 cm³/mol. The van der Waals surface area contributed by atoms with Crippen molar-refractivity contribution in [1.82, 2.24) is 0 Å². The fraction of sp³-hybridized carbons (Fsp3) is 0.517. The van der Waals surface area contributed by atoms with Gasteiger partial charge in [0.25, 0.3) is 0 Å². The van der Waals surface area contributed by atoms with Crippen LogP contribution in [0.1, 0.15) is 93.2 Å². The Bertz CT molecular complexity index is 914. The van der Waals surface area contributed by atoms with Gasteiger partial charge in [-0.05, 0) is 79.3 Å². The van der Waals surface area contributed by atoms with E-state index in [0.29, 0.717) is 11.5 Å². The molecule has 0 bridgehead atoms. The first kappa shape index (κ1) is 25.0. The molecule has 1 fully saturated rings. The smallest absolute Gasteiger partial charge is 0.127 e. The second kappa shape index (κ2) is 12.0. The Balaban J connectivity index is 1.81. The summed E-state index contributed by atoms with van der Waals surface area (Å²) >= 11 is 0. The first-order chi connectivity index (χ1) is 16.0. The zero-order valence-electron chi connectivity index (χ0n) is 20.8. The zero-order valence-corrected chi connectivity index (χ0v) is 20.8. The molecule has 3 rings (SSSR count). The Morgan fingerprint density at radius 1 is 0.727 bits per heavy atom. The van der Waals surface area contributed by atoms with Gasteiger partial charge in [-0.25, -0.2) is 0 Å². The Morgan fingerprint density at radius 3 is 1.52 bits per heavy atom. The molecular formula is C29H40N2O2. The van der Waals surface area contributed by atoms with E-state index in [9.17, 15) is 10.2 Å². The number of aliphatic imine (C=N–C) groups is 2. The Morgan fingerprint density at radius 2 is 1.15 bits per heavy atom. The number of hydrogen-bond donors (Lipinski definition) is 2. The lowest BCUT2D eigenvalue weighted by molar-refractivity contribution is 0.467. The maximum atomic E-state index is 10.7. The second-order valence-electron chi connectivity index (χ2n) is 9.21. The van der Waals surface area contributed by atoms with E-state index in [1.807, 2.05) is 12.4 Å². The Labute approximate surface area is 199 Å². The zero-order chi connectivity index (χ0) is 23.8. The van der Waals surface area contributed by atoms with Gasteiger partial charge in [0.1, 0.15) is 11.5 Å². The minimum absolute atomic E-state index is 0.104. The third kappa shape index (κ3) is 6.25. The third-order valence-corrected chi connectivity index (χ3v) is 6.65. The minimum Gasteiger partial charge on any atom is -0.507 e. The largest absolute Gasteiger partial charge is 0.507 e. The quantitative estimate of drug-likeness (QED) is 0.403. The van der Waals surface area contributed by atoms with Gasteiger partial charge in [-0.15, -0.1) is 0 Å². The van der Waals surface area contributed by atoms with Crippen molar-refractivity contribution < 1.29 is 10.2 Å². The summed E-state index contributed by atoms with van der Waals surface area (Å²) in [6.07, 6.45) is 12.6. The van der Waals surface area contributed by atoms with Gasteiger partial charge in [0.2, 0.25) is 0 Å². The molecule has 0 heterocycles. The van der Waals surface area contributed by atoms with Crippen LogP contribution in [0.5, 0.6) is 11.5 Å². The number of hydrogen-bond acceptors (Lipinski definition) is 4. The van der Waals surface area contributed by atoms with Crippen LogP contribution < -0.4 is 0 Å². The Kier molecular flexibility index (Phi) is 9.11. The molecule has 0 aromatic heterocycles. The first-order valence-corrected chi connectivity index (χ1v) is 12.8. The number of phenolic OH excluding ortho intramolecular Hbond substituents is 2. The molecule has 4 heteroatoms. The van der Waals surface area contributed by atoms with Crippen LogP contribution in [0.4, 0.5) is 0 Å². The lowest BCUT2D eigenvalue weighted by atomic mass is 10.00. The van der Waals surface area contributed by atoms with Gasteiger partial charge >= 0.3 is 0 Å². The highest BCUT2D eigenvalue weighted by molar-refractivity contribution is 5.85. The second-order valence-corrected chi connectivity index (χ2v) is 9.21. The molecule has 33 heavy (non-hydrogen) atoms. The molecule has 1 aliphatic carbocycles. The molecule has 178 valence electrons. The fourth-order valence-corrected chi connectivity index (χ4v) is 4.80. The topological polar surface area (TPSA) is 65.2 Å². The van der Waals surface area contributed by atoms with Crippen LogP contribution in [0, 0.1) is 0 Å². The van der Waals surface area contributed by atoms with E-state index in [-0.39, 0.29) is 12.1 Å². The highest BCUT2D eigenvalue weighted by Crippen LogP contribution is 2.29. The number of phenols is 2. The van der Waals surface area contributed by atoms with E-state index < -0.39 is 0 Å². The van der Waals surface area contributed by atoms with E-state index in [0.717, 1.165) is 80.0 Å². The molecule has 2 aromatic rings. The van der Waals surface area contributed by atoms with Gasteiger partial charge < -0.3 is 10.2 Å². The van der Waals surface area contributed by atoms with Crippen molar-refractivity contribution in [3.05, 3.63) is 57.6 Å². The maximum absolute atomic E-state index is 10.7. The van der Waals surface area contributed by atoms with E-state index in [2.05, 4.69) is 52.0 Å². The van der Waals surface area contributed by atoms with Crippen molar-refractivity contribution in [3.8, 4) is 11.5 Å². The molecular weight excluding hydrogens is 408 g/mol. The highest BCUT2D eigenvalue weighted by atomic mass is 16.3. The maximum Gasteiger partial charge on any atom is 0.127 e. The van der Waals surface area contributed by atoms with Gasteiger partial charge in [-0.2, -0.15) is 0 Å². The summed E-state index contributed by atoms with van der Waals surface area (Å²) in [4.78, 5) is 9.73. The predicted octanol–water partition coefficient (Wildman–Crippen LogP) is 6.59. The minimum atomic E-state index is 0.104. The summed E-state index contributed by atoms with van der Waals surface area (Å²) in [5.41, 5.74) is 6.09. The van der Waals surface area contributed by atoms with Crippen LogP contribution in [0.15, 0.2) is 34.3 Å². The number of benzene rings is 2. The van der Waals surface area contributed by atoms with Gasteiger partial charge in [-0.1, -0.05) is 52.7 Å². The van der Waals surface area contributed by atoms with Gasteiger partial charge in [0, 0.05) is 23.6 Å². The monoisotopic (exact) mass is 448 g/mol. The van der Waals surface area contributed by atoms with Crippen LogP contribution in [-0.4, -0.2) is 34.7 Å². The summed E-state index contributed by atoms with van der Waals surface area (Å²) < 4.78 is 0. The molecule has 1 aliphatic rings. The van der Waals surface area contributed by atoms with Crippen LogP contribution in [-0.2, 0) is 25.7 Å². The number of aryl methyl sites for hydroxylation is 4. The lowest BCUT2D eigenvalue weighted by Crippen LogP contribution is -2.16. The first-order valence-electron chi connectivity index (χ1n) is 12.8. The van der Waals surface area contributed by atoms with Crippen molar-refractivity contribution in [3.63, 3.8) is 0 Å². The molecule has 0 spiro atoms. The van der Waals surface area contributed by atoms with Gasteiger partial charge in [-0.3, -0.25) is 9.98 Å². The fourth-order valence-electron chi connectivity index (χ4n) is 4.80. The van der Waals surface area contributed by atoms with Crippen LogP contribution >= 0.6 is 0 Å². The van der Waals surface area contributed by atoms with E-state index in [4.69, 9.17) is 9.98 Å². The lowest BCUT2D eigenvalue weighted by Gasteiger charge is -2.13. The number of nitrogens with zero attached hydrogens (tertiary/aromatic N) is 2. The van der Waals surface area contributed by atoms with E-state index in [1.165, 1.54) is 11.1 Å². The molecule has 0 aliphatic heterocycles. The summed E-state index contributed by atoms with van der Waals surface area (Å²) in [5, 5.41) is 21.3. The highest BCUT2D eigenvalue weighted by Gasteiger charge is 2.25. The molecule has 4 nitrogen and oxygen atoms in total. The molecule has 2 atom stereocenters. The number of aromatic hydroxyl groups is 2. The molecule has 1 saturated carbocycles. The normalized spacial score (nSPS) is 18.7. The Hall–Kier alpha value is -2.62. The molecule has 0 radical (unpaired) electrons. The van der Waals surface area contributed by atoms with E-state index >= 15 is 0 Å². The van der Waals surface area contributed by atoms with E-state index in [1.54, 1.807) is 0 Å².